The van der Waals surface area contributed by atoms with Crippen LogP contribution in [0.4, 0.5) is 11.4 Å². The molecule has 2 aliphatic rings. The van der Waals surface area contributed by atoms with Crippen LogP contribution in [0.25, 0.3) is 0 Å². The molecular formula is C25H25ClN3O7S2. The van der Waals surface area contributed by atoms with Crippen LogP contribution in [0.1, 0.15) is 6.42 Å². The second kappa shape index (κ2) is 12.2. The number of thiocarbonyl (C=S) groups is 1. The minimum Gasteiger partial charge on any atom is -0.439 e. The lowest BCUT2D eigenvalue weighted by molar-refractivity contribution is -0.114. The summed E-state index contributed by atoms with van der Waals surface area (Å²) in [4.78, 5) is 18.3. The summed E-state index contributed by atoms with van der Waals surface area (Å²) in [6.07, 6.45) is 3.23. The number of benzene rings is 2. The highest BCUT2D eigenvalue weighted by Gasteiger charge is 2.38. The molecule has 0 aliphatic carbocycles. The Morgan fingerprint density at radius 3 is 2.53 bits per heavy atom. The van der Waals surface area contributed by atoms with Crippen LogP contribution in [0.5, 0.6) is 5.75 Å². The summed E-state index contributed by atoms with van der Waals surface area (Å²) >= 11 is 11.8. The highest BCUT2D eigenvalue weighted by molar-refractivity contribution is 7.85. The van der Waals surface area contributed by atoms with Gasteiger partial charge in [0.25, 0.3) is 16.0 Å². The van der Waals surface area contributed by atoms with Gasteiger partial charge in [-0.25, -0.2) is 0 Å². The van der Waals surface area contributed by atoms with Crippen molar-refractivity contribution >= 4 is 56.3 Å². The third-order valence-electron chi connectivity index (χ3n) is 5.70. The first-order chi connectivity index (χ1) is 18.2. The number of aliphatic hydroxyl groups excluding tert-OH is 1. The number of anilines is 2. The van der Waals surface area contributed by atoms with Crippen molar-refractivity contribution in [1.29, 1.82) is 0 Å². The second-order valence-electron chi connectivity index (χ2n) is 8.28. The van der Waals surface area contributed by atoms with Gasteiger partial charge in [0.1, 0.15) is 5.70 Å². The molecule has 0 bridgehead atoms. The smallest absolute Gasteiger partial charge is 0.294 e. The van der Waals surface area contributed by atoms with Gasteiger partial charge in [-0.1, -0.05) is 34.4 Å². The molecule has 38 heavy (non-hydrogen) atoms. The van der Waals surface area contributed by atoms with Gasteiger partial charge in [-0.15, -0.1) is 0 Å². The first-order valence-electron chi connectivity index (χ1n) is 11.7. The minimum absolute atomic E-state index is 0.0637. The predicted molar refractivity (Wildman–Crippen MR) is 146 cm³/mol. The van der Waals surface area contributed by atoms with Crippen LogP contribution in [0.3, 0.4) is 0 Å². The van der Waals surface area contributed by atoms with E-state index < -0.39 is 15.9 Å². The fourth-order valence-corrected chi connectivity index (χ4v) is 5.05. The molecule has 2 aliphatic heterocycles. The van der Waals surface area contributed by atoms with E-state index in [1.807, 2.05) is 6.07 Å². The van der Waals surface area contributed by atoms with Crippen LogP contribution in [-0.4, -0.2) is 68.1 Å². The number of carbonyl (C=O) groups excluding carboxylic acids is 1. The molecule has 0 saturated carbocycles. The van der Waals surface area contributed by atoms with Crippen LogP contribution < -0.4 is 14.5 Å². The van der Waals surface area contributed by atoms with E-state index in [0.29, 0.717) is 28.0 Å². The molecule has 4 rings (SSSR count). The lowest BCUT2D eigenvalue weighted by atomic mass is 10.2. The van der Waals surface area contributed by atoms with Crippen molar-refractivity contribution in [1.82, 2.24) is 4.90 Å². The number of ether oxygens (including phenoxy) is 2. The van der Waals surface area contributed by atoms with Gasteiger partial charge >= 0.3 is 0 Å². The Morgan fingerprint density at radius 1 is 1.05 bits per heavy atom. The molecule has 2 aromatic carbocycles. The maximum absolute atomic E-state index is 13.5. The van der Waals surface area contributed by atoms with E-state index in [2.05, 4.69) is 0 Å². The van der Waals surface area contributed by atoms with Crippen LogP contribution in [0.2, 0.25) is 5.02 Å². The van der Waals surface area contributed by atoms with E-state index in [-0.39, 0.29) is 56.0 Å². The quantitative estimate of drug-likeness (QED) is 0.244. The molecule has 0 spiro atoms. The third-order valence-corrected chi connectivity index (χ3v) is 7.12. The fraction of sp³-hybridized carbons (Fsp3) is 0.280. The zero-order valence-corrected chi connectivity index (χ0v) is 22.5. The number of nitrogens with zero attached hydrogens (tertiary/aromatic N) is 3. The summed E-state index contributed by atoms with van der Waals surface area (Å²) in [5.41, 5.74) is 1.50. The lowest BCUT2D eigenvalue weighted by Gasteiger charge is -2.20. The molecule has 2 aromatic rings. The minimum atomic E-state index is -4.38. The Labute approximate surface area is 231 Å². The highest BCUT2D eigenvalue weighted by atomic mass is 35.5. The van der Waals surface area contributed by atoms with Crippen LogP contribution in [0, 0.1) is 0 Å². The lowest BCUT2D eigenvalue weighted by Crippen LogP contribution is -2.34. The molecule has 2 heterocycles. The topological polar surface area (TPSA) is 120 Å². The molecule has 1 saturated heterocycles. The normalized spacial score (nSPS) is 17.6. The van der Waals surface area contributed by atoms with Crippen molar-refractivity contribution in [3.63, 3.8) is 0 Å². The van der Waals surface area contributed by atoms with Crippen molar-refractivity contribution < 1.29 is 32.3 Å². The second-order valence-corrected chi connectivity index (χ2v) is 10.6. The van der Waals surface area contributed by atoms with E-state index in [1.54, 1.807) is 64.4 Å². The van der Waals surface area contributed by atoms with Gasteiger partial charge in [0, 0.05) is 24.2 Å². The fourth-order valence-electron chi connectivity index (χ4n) is 4.02. The molecule has 1 fully saturated rings. The highest BCUT2D eigenvalue weighted by Crippen LogP contribution is 2.41. The maximum Gasteiger partial charge on any atom is 0.294 e. The zero-order chi connectivity index (χ0) is 27.3. The van der Waals surface area contributed by atoms with Gasteiger partial charge < -0.3 is 24.4 Å². The van der Waals surface area contributed by atoms with Crippen molar-refractivity contribution in [3.05, 3.63) is 77.3 Å². The summed E-state index contributed by atoms with van der Waals surface area (Å²) < 4.78 is 44.7. The summed E-state index contributed by atoms with van der Waals surface area (Å²) in [6, 6.07) is 14.0. The number of rotatable bonds is 11. The molecular weight excluding hydrogens is 554 g/mol. The predicted octanol–water partition coefficient (Wildman–Crippen LogP) is 3.06. The van der Waals surface area contributed by atoms with Crippen LogP contribution >= 0.6 is 23.8 Å². The largest absolute Gasteiger partial charge is 0.439 e. The zero-order valence-electron chi connectivity index (χ0n) is 20.2. The third kappa shape index (κ3) is 6.52. The van der Waals surface area contributed by atoms with Crippen LogP contribution in [0.15, 0.2) is 72.3 Å². The number of amides is 1. The Kier molecular flexibility index (Phi) is 9.03. The number of allylic oxidation sites excluding steroid dienone is 2. The van der Waals surface area contributed by atoms with E-state index in [9.17, 15) is 17.8 Å². The number of hydrogen-bond donors (Lipinski definition) is 1. The Bertz CT molecular complexity index is 1370. The molecule has 1 radical (unpaired) electrons. The SMILES string of the molecule is [O]S(=O)(=O)CCCN1/C(=C\C=C2C(=O)N(c3ccccc3)C(=S)N2CCOCCO)Oc2ccc(Cl)cc21. The molecule has 0 aromatic heterocycles. The van der Waals surface area contributed by atoms with Crippen molar-refractivity contribution in [3.8, 4) is 5.75 Å². The Balaban J connectivity index is 1.65. The van der Waals surface area contributed by atoms with Gasteiger partial charge in [-0.2, -0.15) is 8.42 Å². The van der Waals surface area contributed by atoms with Crippen molar-refractivity contribution in [2.45, 2.75) is 6.42 Å². The molecule has 0 unspecified atom stereocenters. The van der Waals surface area contributed by atoms with Gasteiger partial charge in [0.2, 0.25) is 5.88 Å². The van der Waals surface area contributed by atoms with E-state index in [1.165, 1.54) is 4.90 Å². The molecule has 10 nitrogen and oxygen atoms in total. The first-order valence-corrected chi connectivity index (χ1v) is 14.1. The van der Waals surface area contributed by atoms with E-state index in [0.717, 1.165) is 0 Å². The Hall–Kier alpha value is -3.00. The molecule has 1 N–H and O–H groups in total. The summed E-state index contributed by atoms with van der Waals surface area (Å²) in [5, 5.41) is 9.73. The number of aliphatic hydroxyl groups is 1. The summed E-state index contributed by atoms with van der Waals surface area (Å²) in [6.45, 7) is 0.693. The van der Waals surface area contributed by atoms with Crippen molar-refractivity contribution in [2.75, 3.05) is 48.5 Å². The number of hydrogen-bond acceptors (Lipinski definition) is 8. The summed E-state index contributed by atoms with van der Waals surface area (Å²) in [7, 11) is -4.38. The van der Waals surface area contributed by atoms with Crippen LogP contribution in [-0.2, 0) is 24.2 Å². The van der Waals surface area contributed by atoms with E-state index in [4.69, 9.17) is 38.4 Å². The van der Waals surface area contributed by atoms with E-state index >= 15 is 0 Å². The number of carbonyl (C=O) groups is 1. The number of para-hydroxylation sites is 1. The maximum atomic E-state index is 13.5. The average Bonchev–Trinajstić information content (AvgIpc) is 3.33. The number of fused-ring (bicyclic) bond motifs is 1. The monoisotopic (exact) mass is 578 g/mol. The average molecular weight is 579 g/mol. The Morgan fingerprint density at radius 2 is 1.82 bits per heavy atom. The molecule has 13 heteroatoms. The molecule has 1 amide bonds. The summed E-state index contributed by atoms with van der Waals surface area (Å²) in [5.74, 6) is -0.0552. The van der Waals surface area contributed by atoms with Gasteiger partial charge in [-0.05, 0) is 55.0 Å². The number of halogens is 1. The van der Waals surface area contributed by atoms with Gasteiger partial charge in [0.05, 0.1) is 36.9 Å². The molecule has 201 valence electrons. The van der Waals surface area contributed by atoms with Gasteiger partial charge in [-0.3, -0.25) is 9.69 Å². The first kappa shape index (κ1) is 28.0. The standard InChI is InChI=1S/C25H25ClN3O7S2/c26-18-7-9-22-21(17-18)27(11-4-16-38(32,33)34)23(36-22)10-8-20-24(31)29(19-5-2-1-3-6-19)25(37)28(20)12-14-35-15-13-30/h1-3,5-10,17,30H,4,11-16H2/b20-8?,23-10+. The molecule has 0 atom stereocenters. The van der Waals surface area contributed by atoms with Crippen molar-refractivity contribution in [2.24, 2.45) is 0 Å². The van der Waals surface area contributed by atoms with Gasteiger partial charge in [0.15, 0.2) is 10.9 Å².